The van der Waals surface area contributed by atoms with E-state index in [1.54, 1.807) is 12.1 Å². The van der Waals surface area contributed by atoms with Gasteiger partial charge in [0.1, 0.15) is 5.82 Å². The maximum Gasteiger partial charge on any atom is 0.255 e. The summed E-state index contributed by atoms with van der Waals surface area (Å²) in [6.07, 6.45) is 7.14. The fourth-order valence-corrected chi connectivity index (χ4v) is 6.09. The van der Waals surface area contributed by atoms with Crippen molar-refractivity contribution in [2.45, 2.75) is 44.9 Å². The Morgan fingerprint density at radius 3 is 2.42 bits per heavy atom. The zero-order valence-corrected chi connectivity index (χ0v) is 23.2. The minimum absolute atomic E-state index is 0.0726. The molecule has 8 nitrogen and oxygen atoms in total. The molecule has 0 aromatic heterocycles. The first kappa shape index (κ1) is 28.1. The molecule has 2 N–H and O–H groups in total. The monoisotopic (exact) mass is 549 g/mol. The lowest BCUT2D eigenvalue weighted by atomic mass is 9.88. The van der Waals surface area contributed by atoms with Crippen LogP contribution < -0.4 is 15.5 Å². The van der Waals surface area contributed by atoms with Crippen LogP contribution in [0.3, 0.4) is 0 Å². The summed E-state index contributed by atoms with van der Waals surface area (Å²) in [4.78, 5) is 45.8. The number of hydrogen-bond donors (Lipinski definition) is 2. The number of halogens is 1. The summed E-state index contributed by atoms with van der Waals surface area (Å²) in [5, 5.41) is 6.27. The van der Waals surface area contributed by atoms with Gasteiger partial charge in [0.15, 0.2) is 0 Å². The summed E-state index contributed by atoms with van der Waals surface area (Å²) in [6, 6.07) is 11.0. The Labute approximate surface area is 235 Å². The standard InChI is InChI=1S/C31H40FN5O3/c32-26-10-4-9-24(21-26)29(38)34-27-22-25(31(40)36-15-5-13-33-14-18-36)11-12-28(27)35-16-6-17-37(20-19-35)30(39)23-7-2-1-3-8-23/h4,9-12,21-23,33H,1-3,5-8,13-20H2,(H,34,38). The lowest BCUT2D eigenvalue weighted by Gasteiger charge is -2.29. The van der Waals surface area contributed by atoms with Gasteiger partial charge in [0.25, 0.3) is 11.8 Å². The zero-order chi connectivity index (χ0) is 27.9. The van der Waals surface area contributed by atoms with E-state index in [4.69, 9.17) is 0 Å². The van der Waals surface area contributed by atoms with Gasteiger partial charge in [0, 0.05) is 62.9 Å². The molecule has 0 unspecified atom stereocenters. The SMILES string of the molecule is O=C(Nc1cc(C(=O)N2CCCNCC2)ccc1N1CCCN(C(=O)C2CCCCC2)CC1)c1cccc(F)c1. The first-order valence-electron chi connectivity index (χ1n) is 14.7. The molecular formula is C31H40FN5O3. The van der Waals surface area contributed by atoms with E-state index in [1.807, 2.05) is 21.9 Å². The van der Waals surface area contributed by atoms with E-state index in [-0.39, 0.29) is 23.3 Å². The average Bonchev–Trinajstić information content (AvgIpc) is 3.41. The van der Waals surface area contributed by atoms with Crippen LogP contribution in [0.25, 0.3) is 0 Å². The van der Waals surface area contributed by atoms with Gasteiger partial charge in [-0.25, -0.2) is 4.39 Å². The second kappa shape index (κ2) is 13.3. The van der Waals surface area contributed by atoms with E-state index in [1.165, 1.54) is 24.6 Å². The molecule has 2 heterocycles. The van der Waals surface area contributed by atoms with Crippen LogP contribution in [0.15, 0.2) is 42.5 Å². The Morgan fingerprint density at radius 2 is 1.60 bits per heavy atom. The van der Waals surface area contributed by atoms with Crippen molar-refractivity contribution < 1.29 is 18.8 Å². The van der Waals surface area contributed by atoms with Gasteiger partial charge < -0.3 is 25.3 Å². The number of carbonyl (C=O) groups is 3. The number of nitrogens with one attached hydrogen (secondary N) is 2. The van der Waals surface area contributed by atoms with Crippen LogP contribution in [0.1, 0.15) is 65.7 Å². The third-order valence-corrected chi connectivity index (χ3v) is 8.31. The molecule has 0 atom stereocenters. The van der Waals surface area contributed by atoms with E-state index in [0.717, 1.165) is 70.4 Å². The van der Waals surface area contributed by atoms with Crippen molar-refractivity contribution >= 4 is 29.1 Å². The Balaban J connectivity index is 1.37. The van der Waals surface area contributed by atoms with Crippen LogP contribution in [0.5, 0.6) is 0 Å². The number of amides is 3. The average molecular weight is 550 g/mol. The smallest absolute Gasteiger partial charge is 0.255 e. The Bertz CT molecular complexity index is 1210. The molecule has 3 fully saturated rings. The van der Waals surface area contributed by atoms with Crippen LogP contribution in [0.4, 0.5) is 15.8 Å². The fraction of sp³-hybridized carbons (Fsp3) is 0.516. The Morgan fingerprint density at radius 1 is 0.775 bits per heavy atom. The maximum atomic E-state index is 13.9. The highest BCUT2D eigenvalue weighted by molar-refractivity contribution is 6.07. The predicted molar refractivity (Wildman–Crippen MR) is 154 cm³/mol. The van der Waals surface area contributed by atoms with E-state index in [0.29, 0.717) is 37.4 Å². The first-order chi connectivity index (χ1) is 19.5. The van der Waals surface area contributed by atoms with Gasteiger partial charge in [0.05, 0.1) is 11.4 Å². The molecule has 1 aliphatic carbocycles. The van der Waals surface area contributed by atoms with Gasteiger partial charge in [-0.3, -0.25) is 14.4 Å². The Hall–Kier alpha value is -3.46. The highest BCUT2D eigenvalue weighted by Gasteiger charge is 2.28. The summed E-state index contributed by atoms with van der Waals surface area (Å²) >= 11 is 0. The molecule has 2 aromatic rings. The quantitative estimate of drug-likeness (QED) is 0.586. The number of hydrogen-bond acceptors (Lipinski definition) is 5. The molecule has 0 radical (unpaired) electrons. The van der Waals surface area contributed by atoms with Crippen LogP contribution in [-0.2, 0) is 4.79 Å². The van der Waals surface area contributed by atoms with E-state index in [9.17, 15) is 18.8 Å². The molecule has 2 saturated heterocycles. The maximum absolute atomic E-state index is 13.9. The van der Waals surface area contributed by atoms with Gasteiger partial charge in [-0.2, -0.15) is 0 Å². The molecule has 9 heteroatoms. The second-order valence-electron chi connectivity index (χ2n) is 11.1. The molecule has 40 heavy (non-hydrogen) atoms. The highest BCUT2D eigenvalue weighted by Crippen LogP contribution is 2.31. The van der Waals surface area contributed by atoms with Gasteiger partial charge in [-0.05, 0) is 68.6 Å². The molecule has 0 bridgehead atoms. The predicted octanol–water partition coefficient (Wildman–Crippen LogP) is 4.13. The second-order valence-corrected chi connectivity index (χ2v) is 11.1. The number of anilines is 2. The molecule has 3 amide bonds. The number of nitrogens with zero attached hydrogens (tertiary/aromatic N) is 3. The van der Waals surface area contributed by atoms with Gasteiger partial charge in [-0.15, -0.1) is 0 Å². The van der Waals surface area contributed by atoms with Crippen molar-refractivity contribution in [3.05, 3.63) is 59.4 Å². The first-order valence-corrected chi connectivity index (χ1v) is 14.7. The normalized spacial score (nSPS) is 19.1. The third-order valence-electron chi connectivity index (χ3n) is 8.31. The largest absolute Gasteiger partial charge is 0.368 e. The Kier molecular flexibility index (Phi) is 9.31. The lowest BCUT2D eigenvalue weighted by molar-refractivity contribution is -0.136. The molecule has 3 aliphatic rings. The van der Waals surface area contributed by atoms with E-state index >= 15 is 0 Å². The molecule has 2 aromatic carbocycles. The van der Waals surface area contributed by atoms with Crippen molar-refractivity contribution in [1.82, 2.24) is 15.1 Å². The lowest BCUT2D eigenvalue weighted by Crippen LogP contribution is -2.39. The van der Waals surface area contributed by atoms with Gasteiger partial charge in [0.2, 0.25) is 5.91 Å². The highest BCUT2D eigenvalue weighted by atomic mass is 19.1. The van der Waals surface area contributed by atoms with Crippen molar-refractivity contribution in [3.8, 4) is 0 Å². The van der Waals surface area contributed by atoms with Crippen LogP contribution in [0, 0.1) is 11.7 Å². The van der Waals surface area contributed by atoms with Crippen molar-refractivity contribution in [2.24, 2.45) is 5.92 Å². The molecule has 0 spiro atoms. The number of carbonyl (C=O) groups excluding carboxylic acids is 3. The molecule has 1 saturated carbocycles. The van der Waals surface area contributed by atoms with Crippen LogP contribution in [0.2, 0.25) is 0 Å². The van der Waals surface area contributed by atoms with Crippen LogP contribution in [-0.4, -0.2) is 79.9 Å². The minimum atomic E-state index is -0.484. The third kappa shape index (κ3) is 6.81. The summed E-state index contributed by atoms with van der Waals surface area (Å²) in [7, 11) is 0. The topological polar surface area (TPSA) is 85.0 Å². The summed E-state index contributed by atoms with van der Waals surface area (Å²) < 4.78 is 13.9. The minimum Gasteiger partial charge on any atom is -0.368 e. The number of benzene rings is 2. The van der Waals surface area contributed by atoms with Gasteiger partial charge >= 0.3 is 0 Å². The van der Waals surface area contributed by atoms with Crippen molar-refractivity contribution in [1.29, 1.82) is 0 Å². The summed E-state index contributed by atoms with van der Waals surface area (Å²) in [5.41, 5.74) is 2.02. The van der Waals surface area contributed by atoms with E-state index in [2.05, 4.69) is 15.5 Å². The van der Waals surface area contributed by atoms with Crippen molar-refractivity contribution in [3.63, 3.8) is 0 Å². The van der Waals surface area contributed by atoms with E-state index < -0.39 is 11.7 Å². The zero-order valence-electron chi connectivity index (χ0n) is 23.2. The van der Waals surface area contributed by atoms with Gasteiger partial charge in [-0.1, -0.05) is 25.3 Å². The molecule has 5 rings (SSSR count). The molecular weight excluding hydrogens is 509 g/mol. The van der Waals surface area contributed by atoms with Crippen molar-refractivity contribution in [2.75, 3.05) is 62.6 Å². The molecule has 214 valence electrons. The molecule has 2 aliphatic heterocycles. The summed E-state index contributed by atoms with van der Waals surface area (Å²) in [5.74, 6) is -0.582. The number of rotatable bonds is 5. The fourth-order valence-electron chi connectivity index (χ4n) is 6.09. The van der Waals surface area contributed by atoms with Crippen LogP contribution >= 0.6 is 0 Å². The summed E-state index contributed by atoms with van der Waals surface area (Å²) in [6.45, 7) is 5.63.